The highest BCUT2D eigenvalue weighted by Gasteiger charge is 2.22. The zero-order chi connectivity index (χ0) is 23.0. The van der Waals surface area contributed by atoms with Crippen LogP contribution in [0.3, 0.4) is 0 Å². The van der Waals surface area contributed by atoms with Crippen LogP contribution in [0.25, 0.3) is 11.3 Å². The number of rotatable bonds is 9. The molecule has 0 aliphatic carbocycles. The molecule has 33 heavy (non-hydrogen) atoms. The predicted molar refractivity (Wildman–Crippen MR) is 131 cm³/mol. The van der Waals surface area contributed by atoms with Crippen LogP contribution in [0.5, 0.6) is 11.5 Å². The number of ether oxygens (including phenoxy) is 3. The lowest BCUT2D eigenvalue weighted by Gasteiger charge is -2.27. The Hall–Kier alpha value is -2.94. The van der Waals surface area contributed by atoms with Crippen LogP contribution in [0, 0.1) is 0 Å². The van der Waals surface area contributed by atoms with Gasteiger partial charge >= 0.3 is 0 Å². The maximum Gasteiger partial charge on any atom is 0.260 e. The van der Waals surface area contributed by atoms with Crippen LogP contribution in [0.2, 0.25) is 0 Å². The van der Waals surface area contributed by atoms with E-state index in [1.165, 1.54) is 11.3 Å². The molecule has 0 unspecified atom stereocenters. The Balaban J connectivity index is 1.54. The highest BCUT2D eigenvalue weighted by Crippen LogP contribution is 2.30. The molecular weight excluding hydrogens is 438 g/mol. The van der Waals surface area contributed by atoms with Crippen LogP contribution >= 0.6 is 11.3 Å². The van der Waals surface area contributed by atoms with E-state index < -0.39 is 0 Å². The van der Waals surface area contributed by atoms with Gasteiger partial charge in [0.1, 0.15) is 11.5 Å². The van der Waals surface area contributed by atoms with Crippen molar-refractivity contribution in [3.8, 4) is 22.8 Å². The number of anilines is 1. The van der Waals surface area contributed by atoms with Gasteiger partial charge < -0.3 is 14.2 Å². The molecule has 1 aliphatic rings. The van der Waals surface area contributed by atoms with Crippen LogP contribution in [0.15, 0.2) is 53.9 Å². The topological polar surface area (TPSA) is 64.1 Å². The number of carbonyl (C=O) groups is 1. The zero-order valence-corrected chi connectivity index (χ0v) is 19.8. The Bertz CT molecular complexity index is 1050. The quantitative estimate of drug-likeness (QED) is 0.470. The molecule has 174 valence electrons. The Morgan fingerprint density at radius 2 is 1.85 bits per heavy atom. The maximum atomic E-state index is 13.5. The number of amides is 1. The summed E-state index contributed by atoms with van der Waals surface area (Å²) >= 11 is 1.48. The second kappa shape index (κ2) is 11.3. The summed E-state index contributed by atoms with van der Waals surface area (Å²) in [6.45, 7) is 4.91. The molecule has 1 aliphatic heterocycles. The van der Waals surface area contributed by atoms with Gasteiger partial charge in [0.2, 0.25) is 0 Å². The van der Waals surface area contributed by atoms with Gasteiger partial charge in [0.15, 0.2) is 5.13 Å². The Morgan fingerprint density at radius 1 is 1.09 bits per heavy atom. The first-order valence-corrected chi connectivity index (χ1v) is 11.9. The Labute approximate surface area is 198 Å². The number of nitrogens with zero attached hydrogens (tertiary/aromatic N) is 3. The molecular formula is C25H29N3O4S. The Kier molecular flexibility index (Phi) is 7.93. The molecule has 1 saturated heterocycles. The normalized spacial score (nSPS) is 14.1. The van der Waals surface area contributed by atoms with Crippen LogP contribution in [0.4, 0.5) is 5.13 Å². The highest BCUT2D eigenvalue weighted by molar-refractivity contribution is 7.14. The first-order chi connectivity index (χ1) is 16.2. The van der Waals surface area contributed by atoms with Crippen molar-refractivity contribution in [1.82, 2.24) is 9.88 Å². The minimum atomic E-state index is -0.0773. The lowest BCUT2D eigenvalue weighted by Crippen LogP contribution is -2.39. The summed E-state index contributed by atoms with van der Waals surface area (Å²) in [5.41, 5.74) is 2.41. The predicted octanol–water partition coefficient (Wildman–Crippen LogP) is 4.20. The van der Waals surface area contributed by atoms with Gasteiger partial charge in [0.05, 0.1) is 33.1 Å². The van der Waals surface area contributed by atoms with Gasteiger partial charge in [-0.1, -0.05) is 6.07 Å². The summed E-state index contributed by atoms with van der Waals surface area (Å²) in [7, 11) is 3.25. The van der Waals surface area contributed by atoms with E-state index in [-0.39, 0.29) is 5.91 Å². The minimum absolute atomic E-state index is 0.0773. The molecule has 0 saturated carbocycles. The summed E-state index contributed by atoms with van der Waals surface area (Å²) < 4.78 is 16.0. The fourth-order valence-electron chi connectivity index (χ4n) is 3.76. The third-order valence-electron chi connectivity index (χ3n) is 5.63. The summed E-state index contributed by atoms with van der Waals surface area (Å²) in [6.07, 6.45) is 0.854. The van der Waals surface area contributed by atoms with E-state index >= 15 is 0 Å². The van der Waals surface area contributed by atoms with Crippen molar-refractivity contribution in [2.45, 2.75) is 6.42 Å². The molecule has 1 fully saturated rings. The first-order valence-electron chi connectivity index (χ1n) is 11.0. The number of hydrogen-bond acceptors (Lipinski definition) is 7. The van der Waals surface area contributed by atoms with Crippen molar-refractivity contribution in [2.75, 3.05) is 58.5 Å². The molecule has 8 heteroatoms. The fourth-order valence-corrected chi connectivity index (χ4v) is 4.61. The molecule has 0 bridgehead atoms. The van der Waals surface area contributed by atoms with Crippen molar-refractivity contribution in [3.63, 3.8) is 0 Å². The number of hydrogen-bond donors (Lipinski definition) is 0. The van der Waals surface area contributed by atoms with Gasteiger partial charge in [0.25, 0.3) is 5.91 Å². The van der Waals surface area contributed by atoms with E-state index in [1.54, 1.807) is 25.2 Å². The monoisotopic (exact) mass is 467 g/mol. The average molecular weight is 468 g/mol. The minimum Gasteiger partial charge on any atom is -0.497 e. The van der Waals surface area contributed by atoms with Crippen molar-refractivity contribution >= 4 is 22.4 Å². The number of aromatic nitrogens is 1. The molecule has 0 N–H and O–H groups in total. The Morgan fingerprint density at radius 3 is 2.58 bits per heavy atom. The average Bonchev–Trinajstić information content (AvgIpc) is 3.37. The molecule has 0 radical (unpaired) electrons. The molecule has 2 heterocycles. The first kappa shape index (κ1) is 23.2. The van der Waals surface area contributed by atoms with Gasteiger partial charge in [-0.25, -0.2) is 4.98 Å². The number of methoxy groups -OCH3 is 2. The van der Waals surface area contributed by atoms with Gasteiger partial charge in [-0.05, 0) is 48.9 Å². The van der Waals surface area contributed by atoms with Crippen molar-refractivity contribution < 1.29 is 19.0 Å². The van der Waals surface area contributed by atoms with Crippen LogP contribution in [-0.2, 0) is 4.74 Å². The highest BCUT2D eigenvalue weighted by atomic mass is 32.1. The molecule has 1 aromatic heterocycles. The van der Waals surface area contributed by atoms with E-state index in [2.05, 4.69) is 4.90 Å². The fraction of sp³-hybridized carbons (Fsp3) is 0.360. The lowest BCUT2D eigenvalue weighted by molar-refractivity contribution is 0.0376. The van der Waals surface area contributed by atoms with Gasteiger partial charge in [-0.3, -0.25) is 14.6 Å². The maximum absolute atomic E-state index is 13.5. The standard InChI is InChI=1S/C25H29N3O4S/c1-30-21-9-7-19(8-10-21)23-18-33-25(26-23)28(12-4-11-27-13-15-32-16-14-27)24(29)20-5-3-6-22(17-20)31-2/h3,5-10,17-18H,4,11-16H2,1-2H3. The molecule has 0 atom stereocenters. The van der Waals surface area contributed by atoms with Crippen LogP contribution < -0.4 is 14.4 Å². The van der Waals surface area contributed by atoms with Crippen molar-refractivity contribution in [2.24, 2.45) is 0 Å². The molecule has 4 rings (SSSR count). The second-order valence-electron chi connectivity index (χ2n) is 7.74. The smallest absolute Gasteiger partial charge is 0.260 e. The molecule has 3 aromatic rings. The molecule has 1 amide bonds. The molecule has 7 nitrogen and oxygen atoms in total. The zero-order valence-electron chi connectivity index (χ0n) is 19.0. The number of carbonyl (C=O) groups excluding carboxylic acids is 1. The SMILES string of the molecule is COc1ccc(-c2csc(N(CCCN3CCOCC3)C(=O)c3cccc(OC)c3)n2)cc1. The second-order valence-corrected chi connectivity index (χ2v) is 8.58. The van der Waals surface area contributed by atoms with E-state index in [9.17, 15) is 4.79 Å². The summed E-state index contributed by atoms with van der Waals surface area (Å²) in [5, 5.41) is 2.68. The van der Waals surface area contributed by atoms with E-state index in [0.29, 0.717) is 23.0 Å². The molecule has 2 aromatic carbocycles. The van der Waals surface area contributed by atoms with Gasteiger partial charge in [0, 0.05) is 42.7 Å². The third kappa shape index (κ3) is 5.90. The van der Waals surface area contributed by atoms with Crippen LogP contribution in [-0.4, -0.2) is 69.4 Å². The number of morpholine rings is 1. The van der Waals surface area contributed by atoms with Gasteiger partial charge in [-0.2, -0.15) is 0 Å². The van der Waals surface area contributed by atoms with Crippen molar-refractivity contribution in [1.29, 1.82) is 0 Å². The summed E-state index contributed by atoms with van der Waals surface area (Å²) in [5.74, 6) is 1.38. The third-order valence-corrected chi connectivity index (χ3v) is 6.49. The lowest BCUT2D eigenvalue weighted by atomic mass is 10.1. The van der Waals surface area contributed by atoms with E-state index in [1.807, 2.05) is 47.8 Å². The van der Waals surface area contributed by atoms with E-state index in [0.717, 1.165) is 56.3 Å². The number of thiazole rings is 1. The summed E-state index contributed by atoms with van der Waals surface area (Å²) in [4.78, 5) is 22.5. The van der Waals surface area contributed by atoms with Crippen molar-refractivity contribution in [3.05, 3.63) is 59.5 Å². The van der Waals surface area contributed by atoms with Gasteiger partial charge in [-0.15, -0.1) is 11.3 Å². The van der Waals surface area contributed by atoms with E-state index in [4.69, 9.17) is 19.2 Å². The van der Waals surface area contributed by atoms with Crippen LogP contribution in [0.1, 0.15) is 16.8 Å². The molecule has 0 spiro atoms. The number of benzene rings is 2. The summed E-state index contributed by atoms with van der Waals surface area (Å²) in [6, 6.07) is 15.0. The largest absolute Gasteiger partial charge is 0.497 e.